The fraction of sp³-hybridized carbons (Fsp3) is 0.150. The van der Waals surface area contributed by atoms with E-state index in [0.29, 0.717) is 13.0 Å². The Hall–Kier alpha value is -2.99. The lowest BCUT2D eigenvalue weighted by Crippen LogP contribution is -2.14. The van der Waals surface area contributed by atoms with Gasteiger partial charge in [-0.1, -0.05) is 6.07 Å². The summed E-state index contributed by atoms with van der Waals surface area (Å²) >= 11 is 1.68. The van der Waals surface area contributed by atoms with E-state index in [1.165, 1.54) is 10.3 Å². The molecule has 0 saturated carbocycles. The van der Waals surface area contributed by atoms with E-state index in [0.717, 1.165) is 21.8 Å². The fourth-order valence-electron chi connectivity index (χ4n) is 2.72. The van der Waals surface area contributed by atoms with Gasteiger partial charge in [0.2, 0.25) is 5.91 Å². The molecule has 0 aliphatic rings. The van der Waals surface area contributed by atoms with Crippen LogP contribution >= 0.6 is 11.3 Å². The third kappa shape index (κ3) is 3.65. The van der Waals surface area contributed by atoms with Crippen molar-refractivity contribution in [2.24, 2.45) is 0 Å². The highest BCUT2D eigenvalue weighted by atomic mass is 32.1. The number of carbonyl (C=O) groups is 1. The van der Waals surface area contributed by atoms with Gasteiger partial charge < -0.3 is 5.32 Å². The summed E-state index contributed by atoms with van der Waals surface area (Å²) in [5, 5.41) is 8.00. The quantitative estimate of drug-likeness (QED) is 0.569. The van der Waals surface area contributed by atoms with Crippen LogP contribution in [0.4, 0.5) is 5.69 Å². The smallest absolute Gasteiger partial charge is 0.226 e. The van der Waals surface area contributed by atoms with Crippen molar-refractivity contribution in [3.63, 3.8) is 0 Å². The predicted molar refractivity (Wildman–Crippen MR) is 105 cm³/mol. The predicted octanol–water partition coefficient (Wildman–Crippen LogP) is 4.50. The lowest BCUT2D eigenvalue weighted by Gasteiger charge is -2.06. The minimum atomic E-state index is -0.0243. The van der Waals surface area contributed by atoms with Gasteiger partial charge in [-0.2, -0.15) is 5.10 Å². The number of aryl methyl sites for hydroxylation is 2. The second-order valence-electron chi connectivity index (χ2n) is 6.13. The first-order chi connectivity index (χ1) is 12.7. The number of nitrogens with zero attached hydrogens (tertiary/aromatic N) is 3. The highest BCUT2D eigenvalue weighted by Crippen LogP contribution is 2.31. The summed E-state index contributed by atoms with van der Waals surface area (Å²) in [6.45, 7) is 2.66. The molecule has 1 amide bonds. The number of benzene rings is 2. The number of rotatable bonds is 5. The van der Waals surface area contributed by atoms with Gasteiger partial charge in [-0.15, -0.1) is 11.3 Å². The van der Waals surface area contributed by atoms with Crippen LogP contribution in [0.15, 0.2) is 60.9 Å². The average molecular weight is 362 g/mol. The van der Waals surface area contributed by atoms with E-state index in [2.05, 4.69) is 35.5 Å². The molecule has 0 aliphatic carbocycles. The van der Waals surface area contributed by atoms with Crippen LogP contribution in [-0.2, 0) is 11.3 Å². The zero-order valence-corrected chi connectivity index (χ0v) is 15.2. The summed E-state index contributed by atoms with van der Waals surface area (Å²) < 4.78 is 2.94. The van der Waals surface area contributed by atoms with Crippen LogP contribution < -0.4 is 5.32 Å². The number of aromatic nitrogens is 3. The van der Waals surface area contributed by atoms with E-state index in [4.69, 9.17) is 4.98 Å². The molecule has 2 heterocycles. The molecule has 0 atom stereocenters. The highest BCUT2D eigenvalue weighted by Gasteiger charge is 2.08. The number of carbonyl (C=O) groups excluding carboxylic acids is 1. The van der Waals surface area contributed by atoms with Crippen molar-refractivity contribution in [3.8, 4) is 10.6 Å². The molecule has 0 bridgehead atoms. The molecule has 0 fully saturated rings. The Bertz CT molecular complexity index is 1040. The molecule has 4 aromatic rings. The Kier molecular flexibility index (Phi) is 4.50. The summed E-state index contributed by atoms with van der Waals surface area (Å²) in [7, 11) is 0. The first-order valence-corrected chi connectivity index (χ1v) is 9.24. The molecule has 130 valence electrons. The Morgan fingerprint density at radius 2 is 2.04 bits per heavy atom. The van der Waals surface area contributed by atoms with Crippen LogP contribution in [0.3, 0.4) is 0 Å². The molecule has 0 radical (unpaired) electrons. The van der Waals surface area contributed by atoms with E-state index in [1.54, 1.807) is 22.2 Å². The van der Waals surface area contributed by atoms with E-state index >= 15 is 0 Å². The third-order valence-corrected chi connectivity index (χ3v) is 5.15. The average Bonchev–Trinajstić information content (AvgIpc) is 3.29. The SMILES string of the molecule is Cc1ccc2nc(-c3ccc(NC(=O)CCn4cccn4)cc3)sc2c1. The first-order valence-electron chi connectivity index (χ1n) is 8.42. The molecule has 5 nitrogen and oxygen atoms in total. The van der Waals surface area contributed by atoms with Crippen molar-refractivity contribution in [2.75, 3.05) is 5.32 Å². The molecule has 2 aromatic heterocycles. The van der Waals surface area contributed by atoms with Gasteiger partial charge in [-0.25, -0.2) is 4.98 Å². The van der Waals surface area contributed by atoms with Crippen molar-refractivity contribution < 1.29 is 4.79 Å². The van der Waals surface area contributed by atoms with Crippen LogP contribution in [0, 0.1) is 6.92 Å². The zero-order chi connectivity index (χ0) is 17.9. The van der Waals surface area contributed by atoms with Gasteiger partial charge in [0.25, 0.3) is 0 Å². The molecule has 6 heteroatoms. The second kappa shape index (κ2) is 7.09. The zero-order valence-electron chi connectivity index (χ0n) is 14.3. The topological polar surface area (TPSA) is 59.8 Å². The molecule has 0 spiro atoms. The molecule has 0 saturated heterocycles. The third-order valence-electron chi connectivity index (χ3n) is 4.09. The number of amides is 1. The lowest BCUT2D eigenvalue weighted by atomic mass is 10.2. The minimum absolute atomic E-state index is 0.0243. The molecular formula is C20H18N4OS. The van der Waals surface area contributed by atoms with E-state index < -0.39 is 0 Å². The standard InChI is InChI=1S/C20H18N4OS/c1-14-3-8-17-18(13-14)26-20(23-17)15-4-6-16(7-5-15)22-19(25)9-12-24-11-2-10-21-24/h2-8,10-11,13H,9,12H2,1H3,(H,22,25). The van der Waals surface area contributed by atoms with Gasteiger partial charge in [0, 0.05) is 36.6 Å². The Labute approximate surface area is 155 Å². The fourth-order valence-corrected chi connectivity index (χ4v) is 3.79. The van der Waals surface area contributed by atoms with Gasteiger partial charge in [0.05, 0.1) is 10.2 Å². The minimum Gasteiger partial charge on any atom is -0.326 e. The summed E-state index contributed by atoms with van der Waals surface area (Å²) in [4.78, 5) is 16.7. The Balaban J connectivity index is 1.43. The molecule has 4 rings (SSSR count). The van der Waals surface area contributed by atoms with Gasteiger partial charge >= 0.3 is 0 Å². The number of hydrogen-bond donors (Lipinski definition) is 1. The highest BCUT2D eigenvalue weighted by molar-refractivity contribution is 7.21. The molecule has 0 unspecified atom stereocenters. The number of hydrogen-bond acceptors (Lipinski definition) is 4. The van der Waals surface area contributed by atoms with Crippen molar-refractivity contribution >= 4 is 33.1 Å². The van der Waals surface area contributed by atoms with Crippen molar-refractivity contribution in [2.45, 2.75) is 19.9 Å². The lowest BCUT2D eigenvalue weighted by molar-refractivity contribution is -0.116. The maximum Gasteiger partial charge on any atom is 0.226 e. The Morgan fingerprint density at radius 1 is 1.19 bits per heavy atom. The number of anilines is 1. The second-order valence-corrected chi connectivity index (χ2v) is 7.17. The van der Waals surface area contributed by atoms with Crippen molar-refractivity contribution in [1.82, 2.24) is 14.8 Å². The van der Waals surface area contributed by atoms with E-state index in [1.807, 2.05) is 36.5 Å². The van der Waals surface area contributed by atoms with Gasteiger partial charge in [0.1, 0.15) is 5.01 Å². The molecule has 1 N–H and O–H groups in total. The monoisotopic (exact) mass is 362 g/mol. The Morgan fingerprint density at radius 3 is 2.81 bits per heavy atom. The number of thiazole rings is 1. The first kappa shape index (κ1) is 16.5. The van der Waals surface area contributed by atoms with Crippen LogP contribution in [-0.4, -0.2) is 20.7 Å². The molecule has 2 aromatic carbocycles. The van der Waals surface area contributed by atoms with Gasteiger partial charge in [-0.3, -0.25) is 9.48 Å². The normalized spacial score (nSPS) is 11.0. The summed E-state index contributed by atoms with van der Waals surface area (Å²) in [6, 6.07) is 16.0. The van der Waals surface area contributed by atoms with Crippen LogP contribution in [0.5, 0.6) is 0 Å². The number of nitrogens with one attached hydrogen (secondary N) is 1. The molecule has 26 heavy (non-hydrogen) atoms. The summed E-state index contributed by atoms with van der Waals surface area (Å²) in [5.41, 5.74) is 4.10. The van der Waals surface area contributed by atoms with Crippen molar-refractivity contribution in [3.05, 3.63) is 66.5 Å². The van der Waals surface area contributed by atoms with Crippen LogP contribution in [0.2, 0.25) is 0 Å². The largest absolute Gasteiger partial charge is 0.326 e. The van der Waals surface area contributed by atoms with E-state index in [9.17, 15) is 4.79 Å². The number of fused-ring (bicyclic) bond motifs is 1. The van der Waals surface area contributed by atoms with Crippen LogP contribution in [0.25, 0.3) is 20.8 Å². The summed E-state index contributed by atoms with van der Waals surface area (Å²) in [5.74, 6) is -0.0243. The molecule has 0 aliphatic heterocycles. The van der Waals surface area contributed by atoms with Crippen molar-refractivity contribution in [1.29, 1.82) is 0 Å². The molecular weight excluding hydrogens is 344 g/mol. The van der Waals surface area contributed by atoms with E-state index in [-0.39, 0.29) is 5.91 Å². The van der Waals surface area contributed by atoms with Crippen LogP contribution in [0.1, 0.15) is 12.0 Å². The summed E-state index contributed by atoms with van der Waals surface area (Å²) in [6.07, 6.45) is 3.95. The van der Waals surface area contributed by atoms with Gasteiger partial charge in [-0.05, 0) is 55.0 Å². The maximum atomic E-state index is 12.0. The van der Waals surface area contributed by atoms with Gasteiger partial charge in [0.15, 0.2) is 0 Å². The maximum absolute atomic E-state index is 12.0.